The van der Waals surface area contributed by atoms with Crippen LogP contribution in [0.5, 0.6) is 0 Å². The van der Waals surface area contributed by atoms with E-state index in [0.29, 0.717) is 0 Å². The molecule has 1 fully saturated rings. The second-order valence-electron chi connectivity index (χ2n) is 14.3. The maximum atomic E-state index is 6.38. The van der Waals surface area contributed by atoms with Crippen LogP contribution in [0.4, 0.5) is 0 Å². The molecule has 0 radical (unpaired) electrons. The van der Waals surface area contributed by atoms with Gasteiger partial charge in [0.15, 0.2) is 5.79 Å². The molecule has 0 N–H and O–H groups in total. The van der Waals surface area contributed by atoms with Crippen molar-refractivity contribution in [3.63, 3.8) is 0 Å². The van der Waals surface area contributed by atoms with Gasteiger partial charge < -0.3 is 9.47 Å². The lowest BCUT2D eigenvalue weighted by molar-refractivity contribution is -0.177. The van der Waals surface area contributed by atoms with Crippen molar-refractivity contribution >= 4 is 0 Å². The molecule has 1 saturated heterocycles. The molecule has 1 aliphatic rings. The van der Waals surface area contributed by atoms with Gasteiger partial charge in [0.2, 0.25) is 0 Å². The van der Waals surface area contributed by atoms with E-state index in [-0.39, 0.29) is 11.9 Å². The largest absolute Gasteiger partial charge is 0.347 e. The zero-order chi connectivity index (χ0) is 30.2. The number of hydrogen-bond acceptors (Lipinski definition) is 2. The predicted octanol–water partition coefficient (Wildman–Crippen LogP) is 14.4. The third-order valence-electron chi connectivity index (χ3n) is 9.82. The Hall–Kier alpha value is -0.0800. The van der Waals surface area contributed by atoms with Crippen LogP contribution in [0.1, 0.15) is 239 Å². The van der Waals surface area contributed by atoms with E-state index in [1.54, 1.807) is 0 Å². The van der Waals surface area contributed by atoms with Gasteiger partial charge >= 0.3 is 0 Å². The molecule has 1 aliphatic heterocycles. The van der Waals surface area contributed by atoms with Gasteiger partial charge in [0.1, 0.15) is 0 Å². The van der Waals surface area contributed by atoms with E-state index in [2.05, 4.69) is 20.8 Å². The molecule has 0 saturated carbocycles. The average molecular weight is 593 g/mol. The predicted molar refractivity (Wildman–Crippen MR) is 188 cm³/mol. The monoisotopic (exact) mass is 593 g/mol. The van der Waals surface area contributed by atoms with Crippen LogP contribution in [0.2, 0.25) is 0 Å². The fraction of sp³-hybridized carbons (Fsp3) is 1.00. The van der Waals surface area contributed by atoms with Gasteiger partial charge in [-0.1, -0.05) is 206 Å². The molecular formula is C40H80O2. The highest BCUT2D eigenvalue weighted by Crippen LogP contribution is 2.34. The van der Waals surface area contributed by atoms with Crippen LogP contribution in [-0.2, 0) is 9.47 Å². The van der Waals surface area contributed by atoms with Crippen molar-refractivity contribution in [2.45, 2.75) is 251 Å². The molecule has 0 amide bonds. The second kappa shape index (κ2) is 30.9. The lowest BCUT2D eigenvalue weighted by Crippen LogP contribution is -2.30. The Morgan fingerprint density at radius 2 is 0.619 bits per heavy atom. The number of unbranched alkanes of at least 4 members (excludes halogenated alkanes) is 30. The van der Waals surface area contributed by atoms with Crippen LogP contribution in [-0.4, -0.2) is 18.5 Å². The van der Waals surface area contributed by atoms with Gasteiger partial charge in [-0.05, 0) is 19.8 Å². The molecule has 1 unspecified atom stereocenters. The second-order valence-corrected chi connectivity index (χ2v) is 14.3. The van der Waals surface area contributed by atoms with Crippen LogP contribution < -0.4 is 0 Å². The number of hydrogen-bond donors (Lipinski definition) is 0. The van der Waals surface area contributed by atoms with E-state index in [4.69, 9.17) is 9.47 Å². The third kappa shape index (κ3) is 25.3. The molecule has 2 heteroatoms. The summed E-state index contributed by atoms with van der Waals surface area (Å²) in [6.45, 7) is 7.58. The van der Waals surface area contributed by atoms with E-state index in [1.165, 1.54) is 205 Å². The van der Waals surface area contributed by atoms with E-state index in [0.717, 1.165) is 19.4 Å². The topological polar surface area (TPSA) is 18.5 Å². The van der Waals surface area contributed by atoms with Crippen LogP contribution in [0.15, 0.2) is 0 Å². The summed E-state index contributed by atoms with van der Waals surface area (Å²) >= 11 is 0. The van der Waals surface area contributed by atoms with Gasteiger partial charge in [0, 0.05) is 12.8 Å². The standard InChI is InChI=1S/C40H80O2/c1-4-6-8-10-12-14-16-18-20-22-24-26-28-30-32-34-36-40(41-38-39(3)42-40)37-35-33-31-29-27-25-23-21-19-17-15-13-11-9-7-5-2/h39H,4-38H2,1-3H3. The van der Waals surface area contributed by atoms with Crippen LogP contribution >= 0.6 is 0 Å². The highest BCUT2D eigenvalue weighted by atomic mass is 16.7. The highest BCUT2D eigenvalue weighted by molar-refractivity contribution is 4.78. The van der Waals surface area contributed by atoms with Crippen molar-refractivity contribution in [3.8, 4) is 0 Å². The maximum absolute atomic E-state index is 6.38. The summed E-state index contributed by atoms with van der Waals surface area (Å²) in [5.74, 6) is -0.259. The number of rotatable bonds is 34. The molecule has 2 nitrogen and oxygen atoms in total. The minimum Gasteiger partial charge on any atom is -0.347 e. The first-order valence-electron chi connectivity index (χ1n) is 20.0. The summed E-state index contributed by atoms with van der Waals surface area (Å²) in [6, 6.07) is 0. The zero-order valence-electron chi connectivity index (χ0n) is 29.6. The van der Waals surface area contributed by atoms with E-state index >= 15 is 0 Å². The maximum Gasteiger partial charge on any atom is 0.168 e. The van der Waals surface area contributed by atoms with Crippen molar-refractivity contribution in [1.82, 2.24) is 0 Å². The van der Waals surface area contributed by atoms with E-state index in [1.807, 2.05) is 0 Å². The van der Waals surface area contributed by atoms with Gasteiger partial charge in [-0.25, -0.2) is 0 Å². The van der Waals surface area contributed by atoms with Crippen LogP contribution in [0.25, 0.3) is 0 Å². The smallest absolute Gasteiger partial charge is 0.168 e. The van der Waals surface area contributed by atoms with Gasteiger partial charge in [-0.2, -0.15) is 0 Å². The summed E-state index contributed by atoms with van der Waals surface area (Å²) in [5, 5.41) is 0. The molecule has 0 spiro atoms. The SMILES string of the molecule is CCCCCCCCCCCCCCCCCCC1(CCCCCCCCCCCCCCCCCC)OCC(C)O1. The lowest BCUT2D eigenvalue weighted by atomic mass is 9.98. The zero-order valence-corrected chi connectivity index (χ0v) is 29.6. The molecule has 1 heterocycles. The number of ether oxygens (including phenoxy) is 2. The molecule has 0 aromatic heterocycles. The average Bonchev–Trinajstić information content (AvgIpc) is 3.37. The Morgan fingerprint density at radius 3 is 0.833 bits per heavy atom. The molecule has 1 atom stereocenters. The Kier molecular flexibility index (Phi) is 29.4. The Bertz CT molecular complexity index is 482. The summed E-state index contributed by atoms with van der Waals surface area (Å²) < 4.78 is 12.7. The minimum absolute atomic E-state index is 0.259. The van der Waals surface area contributed by atoms with Crippen molar-refractivity contribution in [1.29, 1.82) is 0 Å². The van der Waals surface area contributed by atoms with Gasteiger partial charge in [-0.3, -0.25) is 0 Å². The minimum atomic E-state index is -0.259. The van der Waals surface area contributed by atoms with Crippen LogP contribution in [0.3, 0.4) is 0 Å². The van der Waals surface area contributed by atoms with Gasteiger partial charge in [-0.15, -0.1) is 0 Å². The molecule has 42 heavy (non-hydrogen) atoms. The van der Waals surface area contributed by atoms with Crippen molar-refractivity contribution in [2.24, 2.45) is 0 Å². The highest BCUT2D eigenvalue weighted by Gasteiger charge is 2.38. The van der Waals surface area contributed by atoms with Crippen molar-refractivity contribution in [2.75, 3.05) is 6.61 Å². The Labute approximate surface area is 266 Å². The van der Waals surface area contributed by atoms with Crippen molar-refractivity contribution < 1.29 is 9.47 Å². The summed E-state index contributed by atoms with van der Waals surface area (Å²) in [5.41, 5.74) is 0. The van der Waals surface area contributed by atoms with E-state index < -0.39 is 0 Å². The Morgan fingerprint density at radius 1 is 0.381 bits per heavy atom. The molecule has 0 aromatic rings. The molecular weight excluding hydrogens is 512 g/mol. The first-order valence-corrected chi connectivity index (χ1v) is 20.0. The van der Waals surface area contributed by atoms with Crippen molar-refractivity contribution in [3.05, 3.63) is 0 Å². The van der Waals surface area contributed by atoms with E-state index in [9.17, 15) is 0 Å². The fourth-order valence-electron chi connectivity index (χ4n) is 6.98. The molecule has 1 rings (SSSR count). The fourth-order valence-corrected chi connectivity index (χ4v) is 6.98. The first-order chi connectivity index (χ1) is 20.7. The van der Waals surface area contributed by atoms with Gasteiger partial charge in [0.25, 0.3) is 0 Å². The van der Waals surface area contributed by atoms with Crippen LogP contribution in [0, 0.1) is 0 Å². The molecule has 252 valence electrons. The summed E-state index contributed by atoms with van der Waals surface area (Å²) in [7, 11) is 0. The molecule has 0 bridgehead atoms. The quantitative estimate of drug-likeness (QED) is 0.0692. The Balaban J connectivity index is 1.90. The third-order valence-corrected chi connectivity index (χ3v) is 9.82. The molecule has 0 aromatic carbocycles. The summed E-state index contributed by atoms with van der Waals surface area (Å²) in [4.78, 5) is 0. The normalized spacial score (nSPS) is 16.5. The molecule has 0 aliphatic carbocycles. The first kappa shape index (κ1) is 39.9. The summed E-state index contributed by atoms with van der Waals surface area (Å²) in [6.07, 6.45) is 48.1. The van der Waals surface area contributed by atoms with Gasteiger partial charge in [0.05, 0.1) is 12.7 Å². The lowest BCUT2D eigenvalue weighted by Gasteiger charge is -2.28.